The molecule has 2 aromatic rings. The third-order valence-electron chi connectivity index (χ3n) is 7.22. The van der Waals surface area contributed by atoms with Crippen LogP contribution in [0.5, 0.6) is 0 Å². The molecule has 1 aliphatic rings. The molecule has 20 heteroatoms. The van der Waals surface area contributed by atoms with Gasteiger partial charge in [0.05, 0.1) is 23.8 Å². The molecule has 0 unspecified atom stereocenters. The zero-order chi connectivity index (χ0) is 36.6. The maximum absolute atomic E-state index is 13.1. The predicted octanol–water partition coefficient (Wildman–Crippen LogP) is 1.84. The van der Waals surface area contributed by atoms with Crippen LogP contribution in [0.15, 0.2) is 12.7 Å². The highest BCUT2D eigenvalue weighted by Crippen LogP contribution is 2.36. The molecule has 0 aliphatic heterocycles. The number of esters is 4. The van der Waals surface area contributed by atoms with Crippen molar-refractivity contribution in [2.45, 2.75) is 85.7 Å². The molecule has 4 N–H and O–H groups in total. The number of aromatic nitrogens is 4. The molecule has 3 rings (SSSR count). The lowest BCUT2D eigenvalue weighted by molar-refractivity contribution is -0.174. The summed E-state index contributed by atoms with van der Waals surface area (Å²) in [5.41, 5.74) is -1.03. The van der Waals surface area contributed by atoms with Gasteiger partial charge in [-0.3, -0.25) is 23.9 Å². The van der Waals surface area contributed by atoms with Crippen molar-refractivity contribution in [3.8, 4) is 0 Å². The van der Waals surface area contributed by atoms with Gasteiger partial charge in [-0.25, -0.2) is 29.7 Å². The normalized spacial score (nSPS) is 17.2. The first kappa shape index (κ1) is 39.0. The summed E-state index contributed by atoms with van der Waals surface area (Å²) in [6.45, 7) is 8.31. The van der Waals surface area contributed by atoms with E-state index >= 15 is 0 Å². The van der Waals surface area contributed by atoms with Crippen LogP contribution in [0.4, 0.5) is 10.6 Å². The number of nitrogens with zero attached hydrogens (tertiary/aromatic N) is 4. The third kappa shape index (κ3) is 12.2. The molecule has 1 aliphatic carbocycles. The van der Waals surface area contributed by atoms with Crippen LogP contribution in [0.1, 0.15) is 79.7 Å². The average Bonchev–Trinajstić information content (AvgIpc) is 3.64. The second kappa shape index (κ2) is 16.3. The minimum atomic E-state index is -4.06. The van der Waals surface area contributed by atoms with Crippen LogP contribution in [0.2, 0.25) is 0 Å². The second-order valence-electron chi connectivity index (χ2n) is 13.4. The molecule has 2 heterocycles. The fourth-order valence-electron chi connectivity index (χ4n) is 4.56. The Kier molecular flexibility index (Phi) is 13.0. The van der Waals surface area contributed by atoms with E-state index in [9.17, 15) is 32.4 Å². The largest absolute Gasteiger partial charge is 0.428 e. The molecular weight excluding hydrogens is 670 g/mol. The number of nitrogens with two attached hydrogens (primary N) is 1. The Morgan fingerprint density at radius 1 is 0.939 bits per heavy atom. The fourth-order valence-corrected chi connectivity index (χ4v) is 4.94. The van der Waals surface area contributed by atoms with Gasteiger partial charge in [-0.2, -0.15) is 8.42 Å². The lowest BCUT2D eigenvalue weighted by Gasteiger charge is -2.20. The van der Waals surface area contributed by atoms with E-state index in [0.717, 1.165) is 0 Å². The van der Waals surface area contributed by atoms with E-state index in [1.165, 1.54) is 12.7 Å². The number of carbonyl (C=O) groups is 5. The van der Waals surface area contributed by atoms with Gasteiger partial charge in [-0.15, -0.1) is 0 Å². The van der Waals surface area contributed by atoms with E-state index in [1.54, 1.807) is 46.1 Å². The first-order chi connectivity index (χ1) is 22.7. The molecule has 1 saturated carbocycles. The number of imidazole rings is 1. The van der Waals surface area contributed by atoms with Crippen molar-refractivity contribution < 1.29 is 55.5 Å². The van der Waals surface area contributed by atoms with Crippen molar-refractivity contribution in [2.24, 2.45) is 21.9 Å². The van der Waals surface area contributed by atoms with E-state index in [2.05, 4.69) is 25.6 Å². The quantitative estimate of drug-likeness (QED) is 0.186. The molecule has 19 nitrogen and oxygen atoms in total. The van der Waals surface area contributed by atoms with Gasteiger partial charge in [0.25, 0.3) is 0 Å². The third-order valence-corrected chi connectivity index (χ3v) is 7.68. The Hall–Kier alpha value is -4.43. The van der Waals surface area contributed by atoms with Crippen LogP contribution in [-0.2, 0) is 52.6 Å². The lowest BCUT2D eigenvalue weighted by atomic mass is 9.97. The summed E-state index contributed by atoms with van der Waals surface area (Å²) in [5.74, 6) is -3.10. The monoisotopic (exact) mass is 713 g/mol. The van der Waals surface area contributed by atoms with Gasteiger partial charge in [0, 0.05) is 12.5 Å². The molecule has 2 amide bonds. The molecular formula is C29H43N7O12S. The second-order valence-corrected chi connectivity index (χ2v) is 14.6. The van der Waals surface area contributed by atoms with Crippen LogP contribution in [0.25, 0.3) is 11.2 Å². The molecule has 1 fully saturated rings. The van der Waals surface area contributed by atoms with Crippen molar-refractivity contribution in [3.63, 3.8) is 0 Å². The molecule has 272 valence electrons. The van der Waals surface area contributed by atoms with Crippen molar-refractivity contribution in [1.29, 1.82) is 0 Å². The summed E-state index contributed by atoms with van der Waals surface area (Å²) in [7, 11) is -4.06. The van der Waals surface area contributed by atoms with Gasteiger partial charge < -0.3 is 28.8 Å². The number of carbonyl (C=O) groups excluding carboxylic acids is 5. The maximum atomic E-state index is 13.1. The number of ether oxygens (including phenoxy) is 4. The Morgan fingerprint density at radius 3 is 2.18 bits per heavy atom. The minimum absolute atomic E-state index is 0.0136. The highest BCUT2D eigenvalue weighted by Gasteiger charge is 2.30. The number of nitrogens with one attached hydrogen (secondary N) is 2. The molecule has 49 heavy (non-hydrogen) atoms. The lowest BCUT2D eigenvalue weighted by Crippen LogP contribution is -2.44. The summed E-state index contributed by atoms with van der Waals surface area (Å²) in [4.78, 5) is 75.0. The summed E-state index contributed by atoms with van der Waals surface area (Å²) >= 11 is 0. The van der Waals surface area contributed by atoms with Crippen LogP contribution < -0.4 is 15.8 Å². The Balaban J connectivity index is 1.65. The van der Waals surface area contributed by atoms with E-state index in [4.69, 9.17) is 28.3 Å². The SMILES string of the molecule is CC(C)(C)C(=O)OCOC(=O)CC[C@H](NC(=O)Nc1ncnc2c1ncn2[C@H]1CC[C@@H](COS(N)(=O)=O)C1)C(=O)OCOC(=O)C(C)(C)C. The standard InChI is InChI=1S/C29H43N7O12S/c1-28(2,3)25(39)46-15-44-20(37)10-9-19(24(38)45-16-47-26(40)29(4,5)6)34-27(41)35-22-21-23(32-13-31-22)36(14-33-21)18-8-7-17(11-18)12-48-49(30,42)43/h13-14,17-19H,7-12,15-16H2,1-6H3,(H2,30,42,43)(H2,31,32,34,35,41)/t17-,18+,19+/m1/s1. The summed E-state index contributed by atoms with van der Waals surface area (Å²) < 4.78 is 48.7. The van der Waals surface area contributed by atoms with E-state index in [0.29, 0.717) is 24.9 Å². The van der Waals surface area contributed by atoms with E-state index in [1.807, 2.05) is 0 Å². The summed E-state index contributed by atoms with van der Waals surface area (Å²) in [5, 5.41) is 9.87. The minimum Gasteiger partial charge on any atom is -0.428 e. The van der Waals surface area contributed by atoms with Crippen LogP contribution in [0, 0.1) is 16.7 Å². The van der Waals surface area contributed by atoms with Gasteiger partial charge in [0.1, 0.15) is 12.4 Å². The number of amides is 2. The zero-order valence-corrected chi connectivity index (χ0v) is 29.0. The Bertz CT molecular complexity index is 1630. The number of urea groups is 1. The van der Waals surface area contributed by atoms with Gasteiger partial charge in [0.2, 0.25) is 13.6 Å². The topological polar surface area (TPSA) is 259 Å². The van der Waals surface area contributed by atoms with Crippen LogP contribution in [0.3, 0.4) is 0 Å². The van der Waals surface area contributed by atoms with Gasteiger partial charge in [0.15, 0.2) is 17.0 Å². The van der Waals surface area contributed by atoms with Crippen molar-refractivity contribution in [3.05, 3.63) is 12.7 Å². The van der Waals surface area contributed by atoms with Crippen LogP contribution >= 0.6 is 0 Å². The number of hydrogen-bond acceptors (Lipinski definition) is 15. The smallest absolute Gasteiger partial charge is 0.333 e. The molecule has 0 spiro atoms. The predicted molar refractivity (Wildman–Crippen MR) is 169 cm³/mol. The number of hydrogen-bond donors (Lipinski definition) is 3. The van der Waals surface area contributed by atoms with E-state index < -0.39 is 70.7 Å². The highest BCUT2D eigenvalue weighted by molar-refractivity contribution is 7.84. The number of rotatable bonds is 14. The molecule has 0 bridgehead atoms. The first-order valence-corrected chi connectivity index (χ1v) is 16.8. The van der Waals surface area contributed by atoms with Crippen molar-refractivity contribution in [1.82, 2.24) is 24.8 Å². The van der Waals surface area contributed by atoms with E-state index in [-0.39, 0.29) is 42.7 Å². The molecule has 3 atom stereocenters. The summed E-state index contributed by atoms with van der Waals surface area (Å²) in [6.07, 6.45) is 4.00. The molecule has 0 radical (unpaired) electrons. The molecule has 0 saturated heterocycles. The molecule has 0 aromatic carbocycles. The summed E-state index contributed by atoms with van der Waals surface area (Å²) in [6, 6.07) is -2.40. The fraction of sp³-hybridized carbons (Fsp3) is 0.655. The molecule has 2 aromatic heterocycles. The highest BCUT2D eigenvalue weighted by atomic mass is 32.2. The van der Waals surface area contributed by atoms with Gasteiger partial charge in [-0.1, -0.05) is 0 Å². The van der Waals surface area contributed by atoms with Gasteiger partial charge in [-0.05, 0) is 73.1 Å². The first-order valence-electron chi connectivity index (χ1n) is 15.3. The Labute approximate surface area is 283 Å². The van der Waals surface area contributed by atoms with Gasteiger partial charge >= 0.3 is 40.2 Å². The Morgan fingerprint density at radius 2 is 1.57 bits per heavy atom. The maximum Gasteiger partial charge on any atom is 0.333 e. The number of fused-ring (bicyclic) bond motifs is 1. The van der Waals surface area contributed by atoms with Crippen LogP contribution in [-0.4, -0.2) is 84.1 Å². The number of anilines is 1. The average molecular weight is 714 g/mol. The van der Waals surface area contributed by atoms with Crippen molar-refractivity contribution in [2.75, 3.05) is 25.5 Å². The zero-order valence-electron chi connectivity index (χ0n) is 28.2. The van der Waals surface area contributed by atoms with Crippen molar-refractivity contribution >= 4 is 57.2 Å².